The van der Waals surface area contributed by atoms with Crippen molar-refractivity contribution in [3.8, 4) is 0 Å². The second-order valence-electron chi connectivity index (χ2n) is 3.08. The van der Waals surface area contributed by atoms with Crippen molar-refractivity contribution in [3.63, 3.8) is 0 Å². The number of rotatable bonds is 1. The molecule has 6 heteroatoms. The summed E-state index contributed by atoms with van der Waals surface area (Å²) >= 11 is 2.23. The third-order valence-electron chi connectivity index (χ3n) is 1.75. The molecule has 0 unspecified atom stereocenters. The van der Waals surface area contributed by atoms with Gasteiger partial charge in [0.25, 0.3) is 5.96 Å². The standard InChI is InChI=1S/C9H12IN5/c1-5-2-3-6(10)4-7(5)14-9(13)15-8(11)12/h2-4H,1H3,(H6,11,12,13,14,15)/p+2. The Kier molecular flexibility index (Phi) is 3.89. The highest BCUT2D eigenvalue weighted by Crippen LogP contribution is 2.12. The molecule has 1 aromatic carbocycles. The maximum Gasteiger partial charge on any atom is 0.522 e. The van der Waals surface area contributed by atoms with Crippen molar-refractivity contribution in [2.24, 2.45) is 17.2 Å². The van der Waals surface area contributed by atoms with Gasteiger partial charge in [-0.1, -0.05) is 6.07 Å². The molecule has 0 atom stereocenters. The Balaban J connectivity index is 3.07. The molecule has 0 spiro atoms. The van der Waals surface area contributed by atoms with E-state index in [1.807, 2.05) is 25.1 Å². The van der Waals surface area contributed by atoms with Gasteiger partial charge in [-0.3, -0.25) is 0 Å². The maximum atomic E-state index is 5.64. The summed E-state index contributed by atoms with van der Waals surface area (Å²) in [6, 6.07) is 6.01. The zero-order valence-corrected chi connectivity index (χ0v) is 10.5. The van der Waals surface area contributed by atoms with Crippen LogP contribution in [0, 0.1) is 10.5 Å². The van der Waals surface area contributed by atoms with Gasteiger partial charge >= 0.3 is 5.96 Å². The number of halogens is 1. The van der Waals surface area contributed by atoms with Gasteiger partial charge in [-0.05, 0) is 35.6 Å². The van der Waals surface area contributed by atoms with E-state index in [1.54, 1.807) is 0 Å². The Labute approximate surface area is 102 Å². The first-order valence-corrected chi connectivity index (χ1v) is 5.37. The molecule has 0 aliphatic heterocycles. The number of aryl methyl sites for hydroxylation is 1. The molecule has 0 heterocycles. The first-order valence-electron chi connectivity index (χ1n) is 4.29. The lowest BCUT2D eigenvalue weighted by Crippen LogP contribution is -2.96. The molecule has 8 N–H and O–H groups in total. The lowest BCUT2D eigenvalue weighted by Gasteiger charge is -1.95. The quantitative estimate of drug-likeness (QED) is 0.216. The van der Waals surface area contributed by atoms with Gasteiger partial charge in [-0.2, -0.15) is 4.99 Å². The topological polar surface area (TPSA) is 106 Å². The van der Waals surface area contributed by atoms with Crippen molar-refractivity contribution in [3.05, 3.63) is 27.3 Å². The molecule has 0 bridgehead atoms. The van der Waals surface area contributed by atoms with Gasteiger partial charge in [0.2, 0.25) is 0 Å². The Bertz CT molecular complexity index is 421. The van der Waals surface area contributed by atoms with Crippen LogP contribution < -0.4 is 27.2 Å². The van der Waals surface area contributed by atoms with Crippen LogP contribution in [-0.4, -0.2) is 11.9 Å². The number of nitrogens with one attached hydrogen (secondary N) is 2. The Morgan fingerprint density at radius 2 is 1.93 bits per heavy atom. The summed E-state index contributed by atoms with van der Waals surface area (Å²) in [6.45, 7) is 1.99. The van der Waals surface area contributed by atoms with Gasteiger partial charge < -0.3 is 11.5 Å². The van der Waals surface area contributed by atoms with Gasteiger partial charge in [0.1, 0.15) is 0 Å². The van der Waals surface area contributed by atoms with Crippen molar-refractivity contribution in [2.75, 3.05) is 0 Å². The highest BCUT2D eigenvalue weighted by Gasteiger charge is 2.07. The van der Waals surface area contributed by atoms with Crippen molar-refractivity contribution < 1.29 is 9.98 Å². The molecule has 0 saturated carbocycles. The number of hydrogen-bond donors (Lipinski definition) is 5. The van der Waals surface area contributed by atoms with Crippen LogP contribution in [-0.2, 0) is 0 Å². The predicted molar refractivity (Wildman–Crippen MR) is 68.1 cm³/mol. The average molecular weight is 319 g/mol. The molecule has 80 valence electrons. The lowest BCUT2D eigenvalue weighted by atomic mass is 10.2. The van der Waals surface area contributed by atoms with Crippen LogP contribution >= 0.6 is 22.6 Å². The molecule has 1 aromatic rings. The Hall–Kier alpha value is -1.31. The fourth-order valence-electron chi connectivity index (χ4n) is 1.06. The van der Waals surface area contributed by atoms with E-state index in [-0.39, 0.29) is 5.96 Å². The SMILES string of the molecule is Cc1ccc(I)cc1[NH+]=C(N)[NH+]=C(N)N. The van der Waals surface area contributed by atoms with E-state index in [4.69, 9.17) is 17.2 Å². The van der Waals surface area contributed by atoms with E-state index in [9.17, 15) is 0 Å². The van der Waals surface area contributed by atoms with E-state index >= 15 is 0 Å². The highest BCUT2D eigenvalue weighted by atomic mass is 127. The molecule has 0 saturated heterocycles. The lowest BCUT2D eigenvalue weighted by molar-refractivity contribution is -0.459. The molecule has 0 aliphatic rings. The molecule has 0 amide bonds. The second-order valence-corrected chi connectivity index (χ2v) is 4.32. The summed E-state index contributed by atoms with van der Waals surface area (Å²) in [4.78, 5) is 5.57. The van der Waals surface area contributed by atoms with E-state index in [0.717, 1.165) is 14.8 Å². The zero-order chi connectivity index (χ0) is 11.4. The van der Waals surface area contributed by atoms with E-state index in [0.29, 0.717) is 5.96 Å². The highest BCUT2D eigenvalue weighted by molar-refractivity contribution is 14.1. The summed E-state index contributed by atoms with van der Waals surface area (Å²) in [6.07, 6.45) is 0. The van der Waals surface area contributed by atoms with Crippen LogP contribution in [0.4, 0.5) is 5.69 Å². The van der Waals surface area contributed by atoms with Crippen LogP contribution in [0.1, 0.15) is 5.56 Å². The maximum absolute atomic E-state index is 5.64. The van der Waals surface area contributed by atoms with Crippen molar-refractivity contribution >= 4 is 40.2 Å². The van der Waals surface area contributed by atoms with E-state index in [1.165, 1.54) is 0 Å². The van der Waals surface area contributed by atoms with Crippen LogP contribution in [0.5, 0.6) is 0 Å². The number of guanidine groups is 2. The number of benzene rings is 1. The summed E-state index contributed by atoms with van der Waals surface area (Å²) < 4.78 is 1.12. The fourth-order valence-corrected chi connectivity index (χ4v) is 1.55. The predicted octanol–water partition coefficient (Wildman–Crippen LogP) is -3.02. The molecule has 0 aromatic heterocycles. The molecule has 1 rings (SSSR count). The zero-order valence-electron chi connectivity index (χ0n) is 8.34. The minimum atomic E-state index is 0.0586. The summed E-state index contributed by atoms with van der Waals surface area (Å²) in [5, 5.41) is 0. The van der Waals surface area contributed by atoms with Gasteiger partial charge in [-0.25, -0.2) is 5.73 Å². The van der Waals surface area contributed by atoms with Gasteiger partial charge in [0.15, 0.2) is 5.69 Å². The summed E-state index contributed by atoms with van der Waals surface area (Å²) in [5.74, 6) is 0.364. The molecular formula is C9H14IN5+2. The van der Waals surface area contributed by atoms with Gasteiger partial charge in [0, 0.05) is 15.2 Å². The van der Waals surface area contributed by atoms with Crippen molar-refractivity contribution in [1.82, 2.24) is 0 Å². The molecular weight excluding hydrogens is 305 g/mol. The molecule has 0 radical (unpaired) electrons. The van der Waals surface area contributed by atoms with Gasteiger partial charge in [-0.15, -0.1) is 4.99 Å². The van der Waals surface area contributed by atoms with Crippen LogP contribution in [0.3, 0.4) is 0 Å². The Morgan fingerprint density at radius 3 is 2.53 bits per heavy atom. The molecule has 0 aliphatic carbocycles. The van der Waals surface area contributed by atoms with Crippen molar-refractivity contribution in [1.29, 1.82) is 0 Å². The second kappa shape index (κ2) is 4.96. The fraction of sp³-hybridized carbons (Fsp3) is 0.111. The molecule has 0 fully saturated rings. The van der Waals surface area contributed by atoms with Gasteiger partial charge in [0.05, 0.1) is 0 Å². The largest absolute Gasteiger partial charge is 0.522 e. The average Bonchev–Trinajstić information content (AvgIpc) is 2.10. The van der Waals surface area contributed by atoms with Crippen molar-refractivity contribution in [2.45, 2.75) is 6.92 Å². The monoisotopic (exact) mass is 319 g/mol. The summed E-state index contributed by atoms with van der Waals surface area (Å²) in [5.41, 5.74) is 18.2. The molecule has 15 heavy (non-hydrogen) atoms. The van der Waals surface area contributed by atoms with Crippen LogP contribution in [0.15, 0.2) is 18.2 Å². The minimum absolute atomic E-state index is 0.0586. The first-order chi connectivity index (χ1) is 6.99. The molecule has 5 nitrogen and oxygen atoms in total. The minimum Gasteiger partial charge on any atom is -0.345 e. The third kappa shape index (κ3) is 3.74. The smallest absolute Gasteiger partial charge is 0.345 e. The van der Waals surface area contributed by atoms with Crippen LogP contribution in [0.2, 0.25) is 0 Å². The Morgan fingerprint density at radius 1 is 1.27 bits per heavy atom. The normalized spacial score (nSPS) is 11.2. The third-order valence-corrected chi connectivity index (χ3v) is 2.42. The number of hydrogen-bond acceptors (Lipinski definition) is 0. The van der Waals surface area contributed by atoms with Crippen LogP contribution in [0.25, 0.3) is 0 Å². The number of nitrogens with two attached hydrogens (primary N) is 3. The first kappa shape index (κ1) is 11.8. The van der Waals surface area contributed by atoms with E-state index in [2.05, 4.69) is 32.6 Å². The summed E-state index contributed by atoms with van der Waals surface area (Å²) in [7, 11) is 0. The van der Waals surface area contributed by atoms with E-state index < -0.39 is 0 Å².